The van der Waals surface area contributed by atoms with Crippen molar-refractivity contribution in [2.24, 2.45) is 0 Å². The number of unbranched alkanes of at least 4 members (excludes halogenated alkanes) is 1. The predicted molar refractivity (Wildman–Crippen MR) is 88.7 cm³/mol. The highest BCUT2D eigenvalue weighted by Crippen LogP contribution is 2.38. The van der Waals surface area contributed by atoms with E-state index in [1.165, 1.54) is 0 Å². The number of hydrogen-bond donors (Lipinski definition) is 1. The van der Waals surface area contributed by atoms with E-state index in [1.807, 2.05) is 6.07 Å². The third kappa shape index (κ3) is 3.63. The SMILES string of the molecule is C#CCCCC(C#N)(Cc1ncc[nH]1)c1ccc(Cl)cc1Cl. The van der Waals surface area contributed by atoms with E-state index in [0.717, 1.165) is 17.8 Å². The van der Waals surface area contributed by atoms with Crippen LogP contribution in [0, 0.1) is 23.7 Å². The summed E-state index contributed by atoms with van der Waals surface area (Å²) in [7, 11) is 0. The summed E-state index contributed by atoms with van der Waals surface area (Å²) < 4.78 is 0. The summed E-state index contributed by atoms with van der Waals surface area (Å²) in [5, 5.41) is 10.9. The van der Waals surface area contributed by atoms with Crippen LogP contribution in [0.5, 0.6) is 0 Å². The van der Waals surface area contributed by atoms with Crippen molar-refractivity contribution in [3.05, 3.63) is 52.0 Å². The Bertz CT molecular complexity index is 710. The molecule has 3 nitrogen and oxygen atoms in total. The third-order valence-corrected chi connectivity index (χ3v) is 4.16. The van der Waals surface area contributed by atoms with E-state index in [2.05, 4.69) is 22.0 Å². The van der Waals surface area contributed by atoms with Gasteiger partial charge in [0.05, 0.1) is 11.5 Å². The van der Waals surface area contributed by atoms with Gasteiger partial charge < -0.3 is 4.98 Å². The maximum atomic E-state index is 9.89. The van der Waals surface area contributed by atoms with Crippen LogP contribution in [-0.4, -0.2) is 9.97 Å². The summed E-state index contributed by atoms with van der Waals surface area (Å²) in [6.07, 6.45) is 11.1. The molecule has 0 saturated heterocycles. The number of H-pyrrole nitrogens is 1. The molecule has 0 aliphatic carbocycles. The molecule has 1 unspecified atom stereocenters. The minimum Gasteiger partial charge on any atom is -0.349 e. The number of hydrogen-bond acceptors (Lipinski definition) is 2. The summed E-state index contributed by atoms with van der Waals surface area (Å²) in [6, 6.07) is 7.65. The summed E-state index contributed by atoms with van der Waals surface area (Å²) in [5.74, 6) is 3.36. The summed E-state index contributed by atoms with van der Waals surface area (Å²) in [5.41, 5.74) is -0.0226. The smallest absolute Gasteiger partial charge is 0.107 e. The Labute approximate surface area is 140 Å². The average molecular weight is 332 g/mol. The second kappa shape index (κ2) is 7.36. The van der Waals surface area contributed by atoms with E-state index in [9.17, 15) is 5.26 Å². The van der Waals surface area contributed by atoms with E-state index >= 15 is 0 Å². The molecule has 2 aromatic rings. The van der Waals surface area contributed by atoms with Gasteiger partial charge in [-0.2, -0.15) is 5.26 Å². The van der Waals surface area contributed by atoms with Crippen LogP contribution < -0.4 is 0 Å². The first-order valence-corrected chi connectivity index (χ1v) is 7.65. The van der Waals surface area contributed by atoms with Crippen LogP contribution in [0.1, 0.15) is 30.7 Å². The zero-order chi connectivity index (χ0) is 16.0. The van der Waals surface area contributed by atoms with Crippen molar-refractivity contribution >= 4 is 23.2 Å². The number of nitrogens with one attached hydrogen (secondary N) is 1. The first-order valence-electron chi connectivity index (χ1n) is 6.90. The topological polar surface area (TPSA) is 52.5 Å². The van der Waals surface area contributed by atoms with Crippen LogP contribution in [0.2, 0.25) is 10.0 Å². The molecule has 0 radical (unpaired) electrons. The third-order valence-electron chi connectivity index (χ3n) is 3.61. The van der Waals surface area contributed by atoms with Gasteiger partial charge in [0.2, 0.25) is 0 Å². The summed E-state index contributed by atoms with van der Waals surface area (Å²) in [4.78, 5) is 7.28. The molecule has 2 rings (SSSR count). The molecule has 0 aliphatic heterocycles. The van der Waals surface area contributed by atoms with Crippen molar-refractivity contribution in [2.75, 3.05) is 0 Å². The second-order valence-electron chi connectivity index (χ2n) is 5.09. The van der Waals surface area contributed by atoms with Crippen LogP contribution in [0.15, 0.2) is 30.6 Å². The fourth-order valence-corrected chi connectivity index (χ4v) is 3.11. The predicted octanol–water partition coefficient (Wildman–Crippen LogP) is 4.52. The lowest BCUT2D eigenvalue weighted by molar-refractivity contribution is 0.475. The molecular formula is C17H15Cl2N3. The maximum absolute atomic E-state index is 9.89. The van der Waals surface area contributed by atoms with E-state index in [1.54, 1.807) is 24.5 Å². The molecule has 1 heterocycles. The number of nitriles is 1. The quantitative estimate of drug-likeness (QED) is 0.624. The van der Waals surface area contributed by atoms with Crippen molar-refractivity contribution in [1.82, 2.24) is 9.97 Å². The molecule has 0 saturated carbocycles. The highest BCUT2D eigenvalue weighted by atomic mass is 35.5. The number of terminal acetylenes is 1. The van der Waals surface area contributed by atoms with Crippen molar-refractivity contribution < 1.29 is 0 Å². The molecule has 0 bridgehead atoms. The lowest BCUT2D eigenvalue weighted by Crippen LogP contribution is -2.28. The molecule has 1 aromatic heterocycles. The van der Waals surface area contributed by atoms with Crippen LogP contribution in [0.25, 0.3) is 0 Å². The van der Waals surface area contributed by atoms with Crippen LogP contribution in [-0.2, 0) is 11.8 Å². The molecule has 0 fully saturated rings. The van der Waals surface area contributed by atoms with Gasteiger partial charge in [-0.05, 0) is 30.5 Å². The molecule has 1 aromatic carbocycles. The number of aromatic amines is 1. The number of benzene rings is 1. The van der Waals surface area contributed by atoms with Gasteiger partial charge >= 0.3 is 0 Å². The molecule has 112 valence electrons. The van der Waals surface area contributed by atoms with E-state index in [4.69, 9.17) is 29.6 Å². The zero-order valence-electron chi connectivity index (χ0n) is 11.9. The van der Waals surface area contributed by atoms with Gasteiger partial charge in [-0.3, -0.25) is 0 Å². The van der Waals surface area contributed by atoms with E-state index in [0.29, 0.717) is 29.3 Å². The Hall–Kier alpha value is -1.94. The van der Waals surface area contributed by atoms with Gasteiger partial charge in [0, 0.05) is 35.3 Å². The van der Waals surface area contributed by atoms with E-state index < -0.39 is 5.41 Å². The van der Waals surface area contributed by atoms with Gasteiger partial charge in [-0.25, -0.2) is 4.98 Å². The Morgan fingerprint density at radius 1 is 1.36 bits per heavy atom. The molecule has 22 heavy (non-hydrogen) atoms. The molecule has 1 N–H and O–H groups in total. The lowest BCUT2D eigenvalue weighted by atomic mass is 9.74. The van der Waals surface area contributed by atoms with Gasteiger partial charge in [-0.15, -0.1) is 12.3 Å². The van der Waals surface area contributed by atoms with Gasteiger partial charge in [0.1, 0.15) is 5.82 Å². The molecule has 0 aliphatic rings. The number of nitrogens with zero attached hydrogens (tertiary/aromatic N) is 2. The molecule has 5 heteroatoms. The van der Waals surface area contributed by atoms with Crippen molar-refractivity contribution in [3.8, 4) is 18.4 Å². The highest BCUT2D eigenvalue weighted by molar-refractivity contribution is 6.35. The number of aromatic nitrogens is 2. The maximum Gasteiger partial charge on any atom is 0.107 e. The summed E-state index contributed by atoms with van der Waals surface area (Å²) >= 11 is 12.3. The first-order chi connectivity index (χ1) is 10.6. The number of imidazole rings is 1. The summed E-state index contributed by atoms with van der Waals surface area (Å²) in [6.45, 7) is 0. The van der Waals surface area contributed by atoms with Gasteiger partial charge in [0.15, 0.2) is 0 Å². The fourth-order valence-electron chi connectivity index (χ4n) is 2.52. The molecular weight excluding hydrogens is 317 g/mol. The first kappa shape index (κ1) is 16.4. The molecule has 0 spiro atoms. The Morgan fingerprint density at radius 3 is 2.77 bits per heavy atom. The Morgan fingerprint density at radius 2 is 2.18 bits per heavy atom. The second-order valence-corrected chi connectivity index (χ2v) is 5.93. The van der Waals surface area contributed by atoms with Gasteiger partial charge in [0.25, 0.3) is 0 Å². The Balaban J connectivity index is 2.43. The lowest BCUT2D eigenvalue weighted by Gasteiger charge is -2.27. The number of halogens is 2. The van der Waals surface area contributed by atoms with Crippen LogP contribution in [0.4, 0.5) is 0 Å². The van der Waals surface area contributed by atoms with Crippen molar-refractivity contribution in [3.63, 3.8) is 0 Å². The largest absolute Gasteiger partial charge is 0.349 e. The average Bonchev–Trinajstić information content (AvgIpc) is 2.99. The normalized spacial score (nSPS) is 13.1. The Kier molecular flexibility index (Phi) is 5.50. The fraction of sp³-hybridized carbons (Fsp3) is 0.294. The van der Waals surface area contributed by atoms with Crippen LogP contribution >= 0.6 is 23.2 Å². The molecule has 0 amide bonds. The van der Waals surface area contributed by atoms with E-state index in [-0.39, 0.29) is 0 Å². The standard InChI is InChI=1S/C17H15Cl2N3/c1-2-3-4-7-17(12-20,11-16-21-8-9-22-16)14-6-5-13(18)10-15(14)19/h1,5-6,8-10H,3-4,7,11H2,(H,21,22). The minimum atomic E-state index is -0.781. The van der Waals surface area contributed by atoms with Crippen molar-refractivity contribution in [1.29, 1.82) is 5.26 Å². The number of rotatable bonds is 6. The minimum absolute atomic E-state index is 0.447. The van der Waals surface area contributed by atoms with Crippen molar-refractivity contribution in [2.45, 2.75) is 31.1 Å². The zero-order valence-corrected chi connectivity index (χ0v) is 13.5. The van der Waals surface area contributed by atoms with Crippen LogP contribution in [0.3, 0.4) is 0 Å². The monoisotopic (exact) mass is 331 g/mol. The highest BCUT2D eigenvalue weighted by Gasteiger charge is 2.35. The van der Waals surface area contributed by atoms with Gasteiger partial charge in [-0.1, -0.05) is 29.3 Å². The molecule has 1 atom stereocenters.